The fourth-order valence-corrected chi connectivity index (χ4v) is 3.44. The van der Waals surface area contributed by atoms with E-state index in [0.29, 0.717) is 5.92 Å². The van der Waals surface area contributed by atoms with Gasteiger partial charge in [0, 0.05) is 13.1 Å². The third-order valence-corrected chi connectivity index (χ3v) is 4.84. The monoisotopic (exact) mass is 314 g/mol. The summed E-state index contributed by atoms with van der Waals surface area (Å²) in [4.78, 5) is 25.2. The number of amides is 2. The lowest BCUT2D eigenvalue weighted by molar-refractivity contribution is -0.126. The first-order valence-corrected chi connectivity index (χ1v) is 8.09. The Hall–Kier alpha value is -2.30. The SMILES string of the molecule is CN1CC(C(=O)N[C@H]2CC[C@@H](c3ccccc3)CC2)=C(O)C1=O. The first-order chi connectivity index (χ1) is 11.1. The number of benzene rings is 1. The minimum Gasteiger partial charge on any atom is -0.503 e. The molecule has 122 valence electrons. The molecule has 2 N–H and O–H groups in total. The molecule has 5 nitrogen and oxygen atoms in total. The summed E-state index contributed by atoms with van der Waals surface area (Å²) in [6, 6.07) is 10.6. The zero-order valence-electron chi connectivity index (χ0n) is 13.3. The van der Waals surface area contributed by atoms with E-state index in [-0.39, 0.29) is 24.1 Å². The lowest BCUT2D eigenvalue weighted by Crippen LogP contribution is -2.39. The zero-order valence-corrected chi connectivity index (χ0v) is 13.3. The van der Waals surface area contributed by atoms with Crippen molar-refractivity contribution in [2.45, 2.75) is 37.6 Å². The molecule has 1 fully saturated rings. The van der Waals surface area contributed by atoms with Gasteiger partial charge in [0.05, 0.1) is 12.1 Å². The molecule has 1 heterocycles. The maximum atomic E-state index is 12.3. The lowest BCUT2D eigenvalue weighted by atomic mass is 9.82. The molecule has 0 radical (unpaired) electrons. The molecule has 1 aromatic carbocycles. The van der Waals surface area contributed by atoms with E-state index in [0.717, 1.165) is 25.7 Å². The fourth-order valence-electron chi connectivity index (χ4n) is 3.44. The Kier molecular flexibility index (Phi) is 4.37. The van der Waals surface area contributed by atoms with Crippen molar-refractivity contribution in [3.05, 3.63) is 47.2 Å². The average molecular weight is 314 g/mol. The molecule has 1 aliphatic heterocycles. The minimum atomic E-state index is -0.483. The number of nitrogens with zero attached hydrogens (tertiary/aromatic N) is 1. The van der Waals surface area contributed by atoms with Crippen molar-refractivity contribution in [2.75, 3.05) is 13.6 Å². The van der Waals surface area contributed by atoms with Crippen LogP contribution in [-0.4, -0.2) is 41.5 Å². The molecule has 2 aliphatic rings. The van der Waals surface area contributed by atoms with Crippen LogP contribution < -0.4 is 5.32 Å². The second-order valence-corrected chi connectivity index (χ2v) is 6.42. The Labute approximate surface area is 136 Å². The smallest absolute Gasteiger partial charge is 0.289 e. The molecule has 0 atom stereocenters. The van der Waals surface area contributed by atoms with Gasteiger partial charge in [0.2, 0.25) is 0 Å². The van der Waals surface area contributed by atoms with Gasteiger partial charge in [-0.2, -0.15) is 0 Å². The van der Waals surface area contributed by atoms with Crippen LogP contribution in [0.5, 0.6) is 0 Å². The maximum absolute atomic E-state index is 12.3. The number of rotatable bonds is 3. The highest BCUT2D eigenvalue weighted by Gasteiger charge is 2.33. The predicted octanol–water partition coefficient (Wildman–Crippen LogP) is 2.11. The number of hydrogen-bond donors (Lipinski definition) is 2. The van der Waals surface area contributed by atoms with Crippen LogP contribution in [0.25, 0.3) is 0 Å². The summed E-state index contributed by atoms with van der Waals surface area (Å²) in [5, 5.41) is 12.7. The molecule has 1 saturated carbocycles. The highest BCUT2D eigenvalue weighted by Crippen LogP contribution is 2.32. The number of hydrogen-bond acceptors (Lipinski definition) is 3. The number of carbonyl (C=O) groups is 2. The summed E-state index contributed by atoms with van der Waals surface area (Å²) in [6.45, 7) is 0.176. The molecule has 0 bridgehead atoms. The van der Waals surface area contributed by atoms with Gasteiger partial charge >= 0.3 is 0 Å². The van der Waals surface area contributed by atoms with Crippen molar-refractivity contribution in [1.82, 2.24) is 10.2 Å². The van der Waals surface area contributed by atoms with Crippen LogP contribution in [0.2, 0.25) is 0 Å². The van der Waals surface area contributed by atoms with Crippen molar-refractivity contribution in [3.8, 4) is 0 Å². The Bertz CT molecular complexity index is 631. The molecule has 5 heteroatoms. The second kappa shape index (κ2) is 6.44. The Morgan fingerprint density at radius 2 is 1.83 bits per heavy atom. The first kappa shape index (κ1) is 15.6. The van der Waals surface area contributed by atoms with Gasteiger partial charge in [-0.3, -0.25) is 9.59 Å². The standard InChI is InChI=1S/C18H22N2O3/c1-20-11-15(16(21)18(20)23)17(22)19-14-9-7-13(8-10-14)12-5-3-2-4-6-12/h2-6,13-14,21H,7-11H2,1H3,(H,19,22)/t13-,14+. The molecular weight excluding hydrogens is 292 g/mol. The highest BCUT2D eigenvalue weighted by molar-refractivity contribution is 6.06. The van der Waals surface area contributed by atoms with Gasteiger partial charge in [-0.1, -0.05) is 30.3 Å². The number of aliphatic hydroxyl groups excluding tert-OH is 1. The van der Waals surface area contributed by atoms with E-state index in [1.807, 2.05) is 6.07 Å². The Morgan fingerprint density at radius 1 is 1.17 bits per heavy atom. The molecule has 0 aromatic heterocycles. The Morgan fingerprint density at radius 3 is 2.39 bits per heavy atom. The third kappa shape index (κ3) is 3.23. The largest absolute Gasteiger partial charge is 0.503 e. The van der Waals surface area contributed by atoms with Crippen LogP contribution in [0, 0.1) is 0 Å². The van der Waals surface area contributed by atoms with Crippen molar-refractivity contribution < 1.29 is 14.7 Å². The van der Waals surface area contributed by atoms with Crippen LogP contribution in [0.1, 0.15) is 37.2 Å². The summed E-state index contributed by atoms with van der Waals surface area (Å²) >= 11 is 0. The van der Waals surface area contributed by atoms with Gasteiger partial charge in [0.15, 0.2) is 5.76 Å². The summed E-state index contributed by atoms with van der Waals surface area (Å²) in [7, 11) is 1.57. The number of aliphatic hydroxyl groups is 1. The maximum Gasteiger partial charge on any atom is 0.289 e. The normalized spacial score (nSPS) is 24.9. The quantitative estimate of drug-likeness (QED) is 0.898. The van der Waals surface area contributed by atoms with Crippen molar-refractivity contribution in [2.24, 2.45) is 0 Å². The summed E-state index contributed by atoms with van der Waals surface area (Å²) in [5.41, 5.74) is 1.54. The second-order valence-electron chi connectivity index (χ2n) is 6.42. The molecule has 0 unspecified atom stereocenters. The molecular formula is C18H22N2O3. The van der Waals surface area contributed by atoms with Gasteiger partial charge < -0.3 is 15.3 Å². The van der Waals surface area contributed by atoms with E-state index >= 15 is 0 Å². The third-order valence-electron chi connectivity index (χ3n) is 4.84. The van der Waals surface area contributed by atoms with Crippen LogP contribution in [0.3, 0.4) is 0 Å². The van der Waals surface area contributed by atoms with Gasteiger partial charge in [-0.05, 0) is 37.2 Å². The summed E-state index contributed by atoms with van der Waals surface area (Å²) in [6.07, 6.45) is 3.92. The first-order valence-electron chi connectivity index (χ1n) is 8.09. The topological polar surface area (TPSA) is 69.6 Å². The van der Waals surface area contributed by atoms with Crippen LogP contribution in [0.4, 0.5) is 0 Å². The molecule has 0 saturated heterocycles. The molecule has 23 heavy (non-hydrogen) atoms. The molecule has 1 aromatic rings. The van der Waals surface area contributed by atoms with E-state index in [1.54, 1.807) is 7.05 Å². The molecule has 1 aliphatic carbocycles. The van der Waals surface area contributed by atoms with Crippen LogP contribution >= 0.6 is 0 Å². The highest BCUT2D eigenvalue weighted by atomic mass is 16.3. The van der Waals surface area contributed by atoms with Crippen LogP contribution in [0.15, 0.2) is 41.7 Å². The average Bonchev–Trinajstić information content (AvgIpc) is 2.84. The predicted molar refractivity (Wildman–Crippen MR) is 86.9 cm³/mol. The van der Waals surface area contributed by atoms with Gasteiger partial charge in [0.1, 0.15) is 0 Å². The molecule has 3 rings (SSSR count). The van der Waals surface area contributed by atoms with Crippen molar-refractivity contribution >= 4 is 11.8 Å². The van der Waals surface area contributed by atoms with Crippen LogP contribution in [-0.2, 0) is 9.59 Å². The number of nitrogens with one attached hydrogen (secondary N) is 1. The van der Waals surface area contributed by atoms with E-state index in [4.69, 9.17) is 0 Å². The van der Waals surface area contributed by atoms with Gasteiger partial charge in [0.25, 0.3) is 11.8 Å². The van der Waals surface area contributed by atoms with Crippen molar-refractivity contribution in [3.63, 3.8) is 0 Å². The van der Waals surface area contributed by atoms with Crippen molar-refractivity contribution in [1.29, 1.82) is 0 Å². The Balaban J connectivity index is 1.55. The van der Waals surface area contributed by atoms with E-state index < -0.39 is 11.7 Å². The summed E-state index contributed by atoms with van der Waals surface area (Å²) in [5.74, 6) is -0.662. The van der Waals surface area contributed by atoms with Gasteiger partial charge in [-0.15, -0.1) is 0 Å². The minimum absolute atomic E-state index is 0.115. The molecule has 0 spiro atoms. The zero-order chi connectivity index (χ0) is 16.4. The van der Waals surface area contributed by atoms with Gasteiger partial charge in [-0.25, -0.2) is 0 Å². The number of carbonyl (C=O) groups excluding carboxylic acids is 2. The fraction of sp³-hybridized carbons (Fsp3) is 0.444. The number of likely N-dealkylation sites (N-methyl/N-ethyl adjacent to an activating group) is 1. The molecule has 2 amide bonds. The van der Waals surface area contributed by atoms with E-state index in [2.05, 4.69) is 29.6 Å². The van der Waals surface area contributed by atoms with E-state index in [9.17, 15) is 14.7 Å². The van der Waals surface area contributed by atoms with E-state index in [1.165, 1.54) is 10.5 Å². The lowest BCUT2D eigenvalue weighted by Gasteiger charge is -2.29. The summed E-state index contributed by atoms with van der Waals surface area (Å²) < 4.78 is 0.